The molecule has 124 valence electrons. The molecule has 0 saturated heterocycles. The summed E-state index contributed by atoms with van der Waals surface area (Å²) in [7, 11) is 0. The van der Waals surface area contributed by atoms with Crippen molar-refractivity contribution >= 4 is 17.4 Å². The molecule has 3 rings (SSSR count). The number of Topliss-reactive ketones (excluding diaryl/α,β-unsaturated/α-hetero) is 1. The van der Waals surface area contributed by atoms with E-state index < -0.39 is 0 Å². The molecule has 1 N–H and O–H groups in total. The van der Waals surface area contributed by atoms with Crippen molar-refractivity contribution in [3.05, 3.63) is 90.5 Å². The summed E-state index contributed by atoms with van der Waals surface area (Å²) in [5.41, 5.74) is 3.60. The van der Waals surface area contributed by atoms with E-state index in [1.165, 1.54) is 0 Å². The SMILES string of the molecule is O=C(CCC(=O)c1ccccc1)Nc1ccc(-c2ccccc2)cc1. The number of carbonyl (C=O) groups excluding carboxylic acids is 2. The fraction of sp³-hybridized carbons (Fsp3) is 0.0909. The Balaban J connectivity index is 1.54. The number of nitrogens with one attached hydrogen (secondary N) is 1. The predicted octanol–water partition coefficient (Wildman–Crippen LogP) is 4.96. The minimum absolute atomic E-state index is 0.0184. The monoisotopic (exact) mass is 329 g/mol. The first-order valence-corrected chi connectivity index (χ1v) is 8.26. The number of amides is 1. The standard InChI is InChI=1S/C22H19NO2/c24-21(19-9-5-2-6-10-19)15-16-22(25)23-20-13-11-18(12-14-20)17-7-3-1-4-8-17/h1-14H,15-16H2,(H,23,25). The van der Waals surface area contributed by atoms with Crippen LogP contribution in [0.2, 0.25) is 0 Å². The summed E-state index contributed by atoms with van der Waals surface area (Å²) in [5.74, 6) is -0.174. The first kappa shape index (κ1) is 16.7. The Morgan fingerprint density at radius 2 is 1.20 bits per heavy atom. The van der Waals surface area contributed by atoms with E-state index in [1.807, 2.05) is 72.8 Å². The Labute approximate surface area is 147 Å². The molecule has 0 spiro atoms. The van der Waals surface area contributed by atoms with Crippen molar-refractivity contribution in [3.63, 3.8) is 0 Å². The predicted molar refractivity (Wildman–Crippen MR) is 101 cm³/mol. The lowest BCUT2D eigenvalue weighted by Crippen LogP contribution is -2.13. The molecule has 3 aromatic rings. The molecule has 1 amide bonds. The first-order valence-electron chi connectivity index (χ1n) is 8.26. The molecule has 0 aromatic heterocycles. The van der Waals surface area contributed by atoms with E-state index in [1.54, 1.807) is 12.1 Å². The highest BCUT2D eigenvalue weighted by molar-refractivity contribution is 6.00. The minimum atomic E-state index is -0.156. The van der Waals surface area contributed by atoms with Crippen LogP contribution in [0.3, 0.4) is 0 Å². The largest absolute Gasteiger partial charge is 0.326 e. The molecule has 0 heterocycles. The van der Waals surface area contributed by atoms with E-state index in [-0.39, 0.29) is 24.5 Å². The Kier molecular flexibility index (Phi) is 5.37. The first-order chi connectivity index (χ1) is 12.2. The lowest BCUT2D eigenvalue weighted by molar-refractivity contribution is -0.116. The van der Waals surface area contributed by atoms with Gasteiger partial charge in [0.25, 0.3) is 0 Å². The molecule has 0 radical (unpaired) electrons. The summed E-state index contributed by atoms with van der Waals surface area (Å²) < 4.78 is 0. The van der Waals surface area contributed by atoms with Crippen molar-refractivity contribution in [1.29, 1.82) is 0 Å². The molecular weight excluding hydrogens is 310 g/mol. The van der Waals surface area contributed by atoms with Gasteiger partial charge in [0.2, 0.25) is 5.91 Å². The third-order valence-electron chi connectivity index (χ3n) is 3.95. The molecule has 0 fully saturated rings. The maximum atomic E-state index is 12.0. The van der Waals surface area contributed by atoms with Gasteiger partial charge in [-0.2, -0.15) is 0 Å². The molecule has 0 aliphatic carbocycles. The molecule has 0 saturated carbocycles. The summed E-state index contributed by atoms with van der Waals surface area (Å²) in [5, 5.41) is 2.84. The quantitative estimate of drug-likeness (QED) is 0.650. The number of anilines is 1. The Morgan fingerprint density at radius 3 is 1.84 bits per heavy atom. The van der Waals surface area contributed by atoms with Gasteiger partial charge in [0, 0.05) is 24.1 Å². The van der Waals surface area contributed by atoms with Gasteiger partial charge in [-0.05, 0) is 23.3 Å². The molecule has 3 aromatic carbocycles. The van der Waals surface area contributed by atoms with E-state index in [2.05, 4.69) is 5.32 Å². The van der Waals surface area contributed by atoms with E-state index in [0.29, 0.717) is 5.56 Å². The topological polar surface area (TPSA) is 46.2 Å². The fourth-order valence-corrected chi connectivity index (χ4v) is 2.60. The van der Waals surface area contributed by atoms with Gasteiger partial charge in [0.15, 0.2) is 5.78 Å². The van der Waals surface area contributed by atoms with Gasteiger partial charge in [-0.25, -0.2) is 0 Å². The summed E-state index contributed by atoms with van der Waals surface area (Å²) in [6.07, 6.45) is 0.381. The average molecular weight is 329 g/mol. The molecule has 3 nitrogen and oxygen atoms in total. The Hall–Kier alpha value is -3.20. The van der Waals surface area contributed by atoms with Crippen LogP contribution in [-0.2, 0) is 4.79 Å². The van der Waals surface area contributed by atoms with E-state index in [0.717, 1.165) is 16.8 Å². The van der Waals surface area contributed by atoms with Gasteiger partial charge in [-0.1, -0.05) is 72.8 Å². The highest BCUT2D eigenvalue weighted by atomic mass is 16.2. The van der Waals surface area contributed by atoms with E-state index >= 15 is 0 Å². The van der Waals surface area contributed by atoms with Crippen LogP contribution in [0.15, 0.2) is 84.9 Å². The van der Waals surface area contributed by atoms with Crippen LogP contribution in [0.4, 0.5) is 5.69 Å². The highest BCUT2D eigenvalue weighted by Gasteiger charge is 2.09. The second kappa shape index (κ2) is 8.06. The number of hydrogen-bond acceptors (Lipinski definition) is 2. The summed E-state index contributed by atoms with van der Waals surface area (Å²) >= 11 is 0. The van der Waals surface area contributed by atoms with Crippen molar-refractivity contribution in [2.45, 2.75) is 12.8 Å². The van der Waals surface area contributed by atoms with Crippen LogP contribution in [-0.4, -0.2) is 11.7 Å². The number of ketones is 1. The number of carbonyl (C=O) groups is 2. The van der Waals surface area contributed by atoms with Gasteiger partial charge >= 0.3 is 0 Å². The van der Waals surface area contributed by atoms with Crippen LogP contribution in [0, 0.1) is 0 Å². The van der Waals surface area contributed by atoms with Crippen molar-refractivity contribution in [2.75, 3.05) is 5.32 Å². The minimum Gasteiger partial charge on any atom is -0.326 e. The van der Waals surface area contributed by atoms with E-state index in [4.69, 9.17) is 0 Å². The molecule has 0 atom stereocenters. The van der Waals surface area contributed by atoms with Gasteiger partial charge < -0.3 is 5.32 Å². The van der Waals surface area contributed by atoms with Gasteiger partial charge in [0.05, 0.1) is 0 Å². The van der Waals surface area contributed by atoms with Crippen LogP contribution in [0.25, 0.3) is 11.1 Å². The van der Waals surface area contributed by atoms with Gasteiger partial charge in [0.1, 0.15) is 0 Å². The van der Waals surface area contributed by atoms with Gasteiger partial charge in [-0.3, -0.25) is 9.59 Å². The smallest absolute Gasteiger partial charge is 0.224 e. The third kappa shape index (κ3) is 4.64. The van der Waals surface area contributed by atoms with Crippen LogP contribution >= 0.6 is 0 Å². The highest BCUT2D eigenvalue weighted by Crippen LogP contribution is 2.21. The Morgan fingerprint density at radius 1 is 0.640 bits per heavy atom. The zero-order valence-corrected chi connectivity index (χ0v) is 13.8. The zero-order valence-electron chi connectivity index (χ0n) is 13.8. The van der Waals surface area contributed by atoms with Crippen molar-refractivity contribution in [1.82, 2.24) is 0 Å². The lowest BCUT2D eigenvalue weighted by atomic mass is 10.1. The summed E-state index contributed by atoms with van der Waals surface area (Å²) in [6.45, 7) is 0. The van der Waals surface area contributed by atoms with Crippen molar-refractivity contribution in [3.8, 4) is 11.1 Å². The molecule has 0 aliphatic heterocycles. The Bertz CT molecular complexity index is 840. The average Bonchev–Trinajstić information content (AvgIpc) is 2.68. The normalized spacial score (nSPS) is 10.2. The molecule has 0 unspecified atom stereocenters. The summed E-state index contributed by atoms with van der Waals surface area (Å²) in [6, 6.07) is 26.8. The van der Waals surface area contributed by atoms with Crippen molar-refractivity contribution < 1.29 is 9.59 Å². The zero-order chi connectivity index (χ0) is 17.5. The second-order valence-electron chi connectivity index (χ2n) is 5.78. The van der Waals surface area contributed by atoms with Crippen LogP contribution < -0.4 is 5.32 Å². The van der Waals surface area contributed by atoms with Crippen molar-refractivity contribution in [2.24, 2.45) is 0 Å². The second-order valence-corrected chi connectivity index (χ2v) is 5.78. The molecule has 0 aliphatic rings. The molecule has 3 heteroatoms. The summed E-state index contributed by atoms with van der Waals surface area (Å²) in [4.78, 5) is 24.1. The molecule has 25 heavy (non-hydrogen) atoms. The maximum Gasteiger partial charge on any atom is 0.224 e. The van der Waals surface area contributed by atoms with Crippen LogP contribution in [0.5, 0.6) is 0 Å². The fourth-order valence-electron chi connectivity index (χ4n) is 2.60. The number of rotatable bonds is 6. The number of benzene rings is 3. The van der Waals surface area contributed by atoms with Gasteiger partial charge in [-0.15, -0.1) is 0 Å². The third-order valence-corrected chi connectivity index (χ3v) is 3.95. The number of hydrogen-bond donors (Lipinski definition) is 1. The van der Waals surface area contributed by atoms with E-state index in [9.17, 15) is 9.59 Å². The van der Waals surface area contributed by atoms with Crippen LogP contribution in [0.1, 0.15) is 23.2 Å². The maximum absolute atomic E-state index is 12.0. The lowest BCUT2D eigenvalue weighted by Gasteiger charge is -2.07. The molecular formula is C22H19NO2. The molecule has 0 bridgehead atoms.